The summed E-state index contributed by atoms with van der Waals surface area (Å²) in [6.45, 7) is 5.89. The molecule has 1 aromatic rings. The zero-order valence-corrected chi connectivity index (χ0v) is 12.3. The molecule has 104 valence electrons. The van der Waals surface area contributed by atoms with Gasteiger partial charge in [0.1, 0.15) is 0 Å². The second kappa shape index (κ2) is 6.40. The second-order valence-corrected chi connectivity index (χ2v) is 5.73. The number of hydrogen-bond donors (Lipinski definition) is 1. The number of benzene rings is 1. The molecule has 1 amide bonds. The third kappa shape index (κ3) is 3.48. The predicted octanol–water partition coefficient (Wildman–Crippen LogP) is 2.94. The van der Waals surface area contributed by atoms with Crippen molar-refractivity contribution in [2.75, 3.05) is 13.1 Å². The molecule has 0 aliphatic carbocycles. The maximum Gasteiger partial charge on any atom is 0.255 e. The lowest BCUT2D eigenvalue weighted by molar-refractivity contribution is 0.0689. The standard InChI is InChI=1S/C15H21ClN2O/c1-11(2)18(10-12-6-5-9-17-12)15(19)13-7-3-4-8-14(13)16/h3-4,7-8,11-12,17H,5-6,9-10H2,1-2H3. The predicted molar refractivity (Wildman–Crippen MR) is 78.6 cm³/mol. The molecule has 1 N–H and O–H groups in total. The maximum atomic E-state index is 12.6. The van der Waals surface area contributed by atoms with E-state index in [4.69, 9.17) is 11.6 Å². The van der Waals surface area contributed by atoms with E-state index in [2.05, 4.69) is 5.32 Å². The van der Waals surface area contributed by atoms with Gasteiger partial charge >= 0.3 is 0 Å². The first-order chi connectivity index (χ1) is 9.09. The maximum absolute atomic E-state index is 12.6. The molecule has 0 radical (unpaired) electrons. The van der Waals surface area contributed by atoms with Gasteiger partial charge in [-0.3, -0.25) is 4.79 Å². The highest BCUT2D eigenvalue weighted by Crippen LogP contribution is 2.19. The number of carbonyl (C=O) groups is 1. The third-order valence-corrected chi connectivity index (χ3v) is 3.90. The minimum absolute atomic E-state index is 0.0225. The average Bonchev–Trinajstić information content (AvgIpc) is 2.88. The van der Waals surface area contributed by atoms with Gasteiger partial charge in [-0.1, -0.05) is 23.7 Å². The van der Waals surface area contributed by atoms with E-state index in [1.807, 2.05) is 30.9 Å². The quantitative estimate of drug-likeness (QED) is 0.920. The van der Waals surface area contributed by atoms with E-state index in [9.17, 15) is 4.79 Å². The lowest BCUT2D eigenvalue weighted by Gasteiger charge is -2.30. The van der Waals surface area contributed by atoms with Gasteiger partial charge in [0.05, 0.1) is 10.6 Å². The summed E-state index contributed by atoms with van der Waals surface area (Å²) in [6.07, 6.45) is 2.33. The zero-order valence-electron chi connectivity index (χ0n) is 11.5. The van der Waals surface area contributed by atoms with E-state index in [1.54, 1.807) is 12.1 Å². The fourth-order valence-corrected chi connectivity index (χ4v) is 2.68. The van der Waals surface area contributed by atoms with Crippen molar-refractivity contribution < 1.29 is 4.79 Å². The van der Waals surface area contributed by atoms with Crippen molar-refractivity contribution in [2.24, 2.45) is 0 Å². The van der Waals surface area contributed by atoms with Crippen LogP contribution in [0.2, 0.25) is 5.02 Å². The van der Waals surface area contributed by atoms with Crippen molar-refractivity contribution in [2.45, 2.75) is 38.8 Å². The van der Waals surface area contributed by atoms with Gasteiger partial charge < -0.3 is 10.2 Å². The molecule has 1 aliphatic rings. The summed E-state index contributed by atoms with van der Waals surface area (Å²) >= 11 is 6.12. The molecule has 0 bridgehead atoms. The van der Waals surface area contributed by atoms with E-state index in [1.165, 1.54) is 6.42 Å². The summed E-state index contributed by atoms with van der Waals surface area (Å²) in [7, 11) is 0. The first-order valence-corrected chi connectivity index (χ1v) is 7.26. The molecule has 1 aromatic carbocycles. The Labute approximate surface area is 119 Å². The van der Waals surface area contributed by atoms with Gasteiger partial charge in [-0.25, -0.2) is 0 Å². The van der Waals surface area contributed by atoms with Crippen LogP contribution in [-0.2, 0) is 0 Å². The Kier molecular flexibility index (Phi) is 4.83. The zero-order chi connectivity index (χ0) is 13.8. The van der Waals surface area contributed by atoms with E-state index in [-0.39, 0.29) is 11.9 Å². The van der Waals surface area contributed by atoms with Crippen LogP contribution < -0.4 is 5.32 Å². The minimum Gasteiger partial charge on any atom is -0.335 e. The summed E-state index contributed by atoms with van der Waals surface area (Å²) in [5, 5.41) is 3.96. The van der Waals surface area contributed by atoms with Crippen LogP contribution in [0.1, 0.15) is 37.0 Å². The highest BCUT2D eigenvalue weighted by molar-refractivity contribution is 6.33. The van der Waals surface area contributed by atoms with Gasteiger partial charge in [0.15, 0.2) is 0 Å². The van der Waals surface area contributed by atoms with E-state index in [0.29, 0.717) is 16.6 Å². The molecule has 3 nitrogen and oxygen atoms in total. The Hall–Kier alpha value is -1.06. The molecule has 19 heavy (non-hydrogen) atoms. The molecule has 0 saturated carbocycles. The van der Waals surface area contributed by atoms with Crippen LogP contribution in [0.3, 0.4) is 0 Å². The molecule has 1 unspecified atom stereocenters. The molecule has 2 rings (SSSR count). The number of nitrogens with one attached hydrogen (secondary N) is 1. The van der Waals surface area contributed by atoms with Crippen molar-refractivity contribution >= 4 is 17.5 Å². The Morgan fingerprint density at radius 3 is 2.79 bits per heavy atom. The minimum atomic E-state index is 0.0225. The number of rotatable bonds is 4. The topological polar surface area (TPSA) is 32.3 Å². The fraction of sp³-hybridized carbons (Fsp3) is 0.533. The first kappa shape index (κ1) is 14.4. The van der Waals surface area contributed by atoms with Crippen molar-refractivity contribution in [3.63, 3.8) is 0 Å². The van der Waals surface area contributed by atoms with Gasteiger partial charge in [0.25, 0.3) is 5.91 Å². The highest BCUT2D eigenvalue weighted by atomic mass is 35.5. The second-order valence-electron chi connectivity index (χ2n) is 5.32. The van der Waals surface area contributed by atoms with Gasteiger partial charge in [0, 0.05) is 18.6 Å². The number of hydrogen-bond acceptors (Lipinski definition) is 2. The summed E-state index contributed by atoms with van der Waals surface area (Å²) < 4.78 is 0. The SMILES string of the molecule is CC(C)N(CC1CCCN1)C(=O)c1ccccc1Cl. The number of amides is 1. The third-order valence-electron chi connectivity index (χ3n) is 3.57. The van der Waals surface area contributed by atoms with Gasteiger partial charge in [0.2, 0.25) is 0 Å². The van der Waals surface area contributed by atoms with Gasteiger partial charge in [-0.2, -0.15) is 0 Å². The van der Waals surface area contributed by atoms with Crippen LogP contribution >= 0.6 is 11.6 Å². The Bertz CT molecular complexity index is 442. The molecular formula is C15H21ClN2O. The Balaban J connectivity index is 2.14. The Morgan fingerprint density at radius 2 is 2.21 bits per heavy atom. The van der Waals surface area contributed by atoms with Crippen LogP contribution in [0, 0.1) is 0 Å². The Morgan fingerprint density at radius 1 is 1.47 bits per heavy atom. The fourth-order valence-electron chi connectivity index (χ4n) is 2.47. The van der Waals surface area contributed by atoms with Crippen LogP contribution in [-0.4, -0.2) is 36.0 Å². The number of halogens is 1. The van der Waals surface area contributed by atoms with E-state index < -0.39 is 0 Å². The highest BCUT2D eigenvalue weighted by Gasteiger charge is 2.25. The average molecular weight is 281 g/mol. The summed E-state index contributed by atoms with van der Waals surface area (Å²) in [4.78, 5) is 14.5. The summed E-state index contributed by atoms with van der Waals surface area (Å²) in [5.74, 6) is 0.0225. The lowest BCUT2D eigenvalue weighted by atomic mass is 10.1. The van der Waals surface area contributed by atoms with Crippen LogP contribution in [0.5, 0.6) is 0 Å². The molecule has 0 aromatic heterocycles. The summed E-state index contributed by atoms with van der Waals surface area (Å²) in [6, 6.07) is 7.84. The normalized spacial score (nSPS) is 18.8. The summed E-state index contributed by atoms with van der Waals surface area (Å²) in [5.41, 5.74) is 0.593. The monoisotopic (exact) mass is 280 g/mol. The molecular weight excluding hydrogens is 260 g/mol. The molecule has 4 heteroatoms. The van der Waals surface area contributed by atoms with Crippen LogP contribution in [0.15, 0.2) is 24.3 Å². The molecule has 1 fully saturated rings. The van der Waals surface area contributed by atoms with Crippen LogP contribution in [0.4, 0.5) is 0 Å². The lowest BCUT2D eigenvalue weighted by Crippen LogP contribution is -2.44. The number of carbonyl (C=O) groups excluding carboxylic acids is 1. The number of nitrogens with zero attached hydrogens (tertiary/aromatic N) is 1. The molecule has 1 saturated heterocycles. The van der Waals surface area contributed by atoms with E-state index >= 15 is 0 Å². The van der Waals surface area contributed by atoms with Crippen molar-refractivity contribution in [3.05, 3.63) is 34.9 Å². The van der Waals surface area contributed by atoms with Crippen molar-refractivity contribution in [1.82, 2.24) is 10.2 Å². The van der Waals surface area contributed by atoms with Crippen molar-refractivity contribution in [1.29, 1.82) is 0 Å². The van der Waals surface area contributed by atoms with Gasteiger partial charge in [-0.05, 0) is 45.4 Å². The molecule has 1 heterocycles. The molecule has 0 spiro atoms. The van der Waals surface area contributed by atoms with Crippen molar-refractivity contribution in [3.8, 4) is 0 Å². The smallest absolute Gasteiger partial charge is 0.255 e. The largest absolute Gasteiger partial charge is 0.335 e. The van der Waals surface area contributed by atoms with E-state index in [0.717, 1.165) is 19.5 Å². The first-order valence-electron chi connectivity index (χ1n) is 6.88. The molecule has 1 atom stereocenters. The van der Waals surface area contributed by atoms with Gasteiger partial charge in [-0.15, -0.1) is 0 Å². The molecule has 1 aliphatic heterocycles. The van der Waals surface area contributed by atoms with Crippen LogP contribution in [0.25, 0.3) is 0 Å².